The number of benzene rings is 2. The maximum absolute atomic E-state index is 13.8. The van der Waals surface area contributed by atoms with Crippen LogP contribution in [0.15, 0.2) is 47.8 Å². The Kier molecular flexibility index (Phi) is 4.97. The Morgan fingerprint density at radius 3 is 2.68 bits per heavy atom. The third-order valence-corrected chi connectivity index (χ3v) is 5.99. The van der Waals surface area contributed by atoms with Crippen molar-refractivity contribution in [3.63, 3.8) is 0 Å². The lowest BCUT2D eigenvalue weighted by atomic mass is 10.1. The number of amides is 1. The molecule has 0 saturated carbocycles. The fourth-order valence-electron chi connectivity index (χ4n) is 2.76. The van der Waals surface area contributed by atoms with Gasteiger partial charge >= 0.3 is 0 Å². The third kappa shape index (κ3) is 3.44. The van der Waals surface area contributed by atoms with Crippen molar-refractivity contribution in [2.45, 2.75) is 0 Å². The molecule has 0 bridgehead atoms. The number of hydrogen-bond acceptors (Lipinski definition) is 6. The quantitative estimate of drug-likeness (QED) is 0.473. The van der Waals surface area contributed by atoms with Crippen molar-refractivity contribution in [3.8, 4) is 22.8 Å². The zero-order valence-electron chi connectivity index (χ0n) is 15.0. The molecule has 0 fully saturated rings. The fraction of sp³-hybridized carbons (Fsp3) is 0.100. The lowest BCUT2D eigenvalue weighted by Gasteiger charge is -2.08. The molecule has 0 unspecified atom stereocenters. The highest BCUT2D eigenvalue weighted by atomic mass is 32.1. The first kappa shape index (κ1) is 18.4. The molecule has 0 aliphatic heterocycles. The van der Waals surface area contributed by atoms with E-state index in [0.717, 1.165) is 10.3 Å². The van der Waals surface area contributed by atoms with Gasteiger partial charge < -0.3 is 9.47 Å². The largest absolute Gasteiger partial charge is 0.493 e. The van der Waals surface area contributed by atoms with Crippen LogP contribution in [-0.4, -0.2) is 25.1 Å². The smallest absolute Gasteiger partial charge is 0.267 e. The molecule has 0 atom stereocenters. The predicted octanol–water partition coefficient (Wildman–Crippen LogP) is 5.43. The molecule has 5 nitrogen and oxygen atoms in total. The maximum Gasteiger partial charge on any atom is 0.267 e. The van der Waals surface area contributed by atoms with E-state index in [9.17, 15) is 9.18 Å². The number of anilines is 1. The van der Waals surface area contributed by atoms with Crippen LogP contribution in [0.5, 0.6) is 11.5 Å². The average molecular weight is 414 g/mol. The molecular formula is C20H15FN2O3S2. The van der Waals surface area contributed by atoms with Gasteiger partial charge in [-0.2, -0.15) is 0 Å². The molecule has 28 heavy (non-hydrogen) atoms. The summed E-state index contributed by atoms with van der Waals surface area (Å²) in [5.74, 6) is 0.587. The normalized spacial score (nSPS) is 10.8. The van der Waals surface area contributed by atoms with Crippen LogP contribution in [0.2, 0.25) is 0 Å². The van der Waals surface area contributed by atoms with E-state index in [1.807, 2.05) is 17.5 Å². The molecule has 0 aliphatic carbocycles. The SMILES string of the molecule is COc1ccc(-c2csc(NC(=O)c3cc4c(F)cccc4s3)n2)cc1OC. The highest BCUT2D eigenvalue weighted by Crippen LogP contribution is 2.34. The second kappa shape index (κ2) is 7.57. The number of nitrogens with one attached hydrogen (secondary N) is 1. The third-order valence-electron chi connectivity index (χ3n) is 4.14. The van der Waals surface area contributed by atoms with Gasteiger partial charge in [0.05, 0.1) is 24.8 Å². The van der Waals surface area contributed by atoms with E-state index in [0.29, 0.717) is 32.6 Å². The van der Waals surface area contributed by atoms with E-state index in [-0.39, 0.29) is 11.7 Å². The molecule has 2 heterocycles. The summed E-state index contributed by atoms with van der Waals surface area (Å²) in [7, 11) is 3.15. The van der Waals surface area contributed by atoms with E-state index in [1.165, 1.54) is 28.7 Å². The van der Waals surface area contributed by atoms with Gasteiger partial charge in [-0.05, 0) is 36.4 Å². The molecule has 0 radical (unpaired) electrons. The van der Waals surface area contributed by atoms with Gasteiger partial charge in [-0.15, -0.1) is 22.7 Å². The van der Waals surface area contributed by atoms with Gasteiger partial charge in [0.25, 0.3) is 5.91 Å². The predicted molar refractivity (Wildman–Crippen MR) is 110 cm³/mol. The van der Waals surface area contributed by atoms with Crippen molar-refractivity contribution in [2.75, 3.05) is 19.5 Å². The molecule has 4 aromatic rings. The number of ether oxygens (including phenoxy) is 2. The van der Waals surface area contributed by atoms with Crippen LogP contribution in [0.3, 0.4) is 0 Å². The Labute approximate surface area is 168 Å². The number of rotatable bonds is 5. The number of halogens is 1. The Hall–Kier alpha value is -2.97. The van der Waals surface area contributed by atoms with Crippen LogP contribution in [0.4, 0.5) is 9.52 Å². The first-order valence-corrected chi connectivity index (χ1v) is 9.96. The van der Waals surface area contributed by atoms with Crippen molar-refractivity contribution in [1.82, 2.24) is 4.98 Å². The molecule has 2 aromatic carbocycles. The molecule has 0 saturated heterocycles. The minimum Gasteiger partial charge on any atom is -0.493 e. The van der Waals surface area contributed by atoms with Crippen molar-refractivity contribution < 1.29 is 18.7 Å². The summed E-state index contributed by atoms with van der Waals surface area (Å²) < 4.78 is 25.1. The zero-order chi connectivity index (χ0) is 19.7. The molecule has 0 aliphatic rings. The molecule has 1 amide bonds. The second-order valence-corrected chi connectivity index (χ2v) is 7.77. The minimum atomic E-state index is -0.335. The Morgan fingerprint density at radius 1 is 1.11 bits per heavy atom. The minimum absolute atomic E-state index is 0.311. The van der Waals surface area contributed by atoms with E-state index in [1.54, 1.807) is 38.5 Å². The molecule has 2 aromatic heterocycles. The Morgan fingerprint density at radius 2 is 1.93 bits per heavy atom. The number of carbonyl (C=O) groups excluding carboxylic acids is 1. The van der Waals surface area contributed by atoms with Crippen LogP contribution < -0.4 is 14.8 Å². The van der Waals surface area contributed by atoms with E-state index >= 15 is 0 Å². The second-order valence-electron chi connectivity index (χ2n) is 5.82. The van der Waals surface area contributed by atoms with Crippen molar-refractivity contribution in [3.05, 3.63) is 58.5 Å². The van der Waals surface area contributed by atoms with E-state index in [2.05, 4.69) is 10.3 Å². The van der Waals surface area contributed by atoms with Crippen LogP contribution in [0, 0.1) is 5.82 Å². The summed E-state index contributed by atoms with van der Waals surface area (Å²) in [6.45, 7) is 0. The standard InChI is InChI=1S/C20H15FN2O3S2/c1-25-15-7-6-11(8-16(15)26-2)14-10-27-20(22-14)23-19(24)18-9-12-13(21)4-3-5-17(12)28-18/h3-10H,1-2H3,(H,22,23,24). The first-order valence-electron chi connectivity index (χ1n) is 8.26. The van der Waals surface area contributed by atoms with Crippen LogP contribution in [0.1, 0.15) is 9.67 Å². The van der Waals surface area contributed by atoms with Gasteiger partial charge in [-0.3, -0.25) is 10.1 Å². The molecule has 4 rings (SSSR count). The van der Waals surface area contributed by atoms with Crippen LogP contribution in [-0.2, 0) is 0 Å². The van der Waals surface area contributed by atoms with Gasteiger partial charge in [0.2, 0.25) is 0 Å². The Balaban J connectivity index is 1.56. The topological polar surface area (TPSA) is 60.5 Å². The molecule has 8 heteroatoms. The van der Waals surface area contributed by atoms with E-state index < -0.39 is 0 Å². The van der Waals surface area contributed by atoms with Gasteiger partial charge in [0.1, 0.15) is 5.82 Å². The highest BCUT2D eigenvalue weighted by molar-refractivity contribution is 7.21. The van der Waals surface area contributed by atoms with Crippen molar-refractivity contribution in [2.24, 2.45) is 0 Å². The number of carbonyl (C=O) groups is 1. The van der Waals surface area contributed by atoms with Gasteiger partial charge in [0, 0.05) is 21.0 Å². The van der Waals surface area contributed by atoms with Crippen molar-refractivity contribution in [1.29, 1.82) is 0 Å². The van der Waals surface area contributed by atoms with Crippen LogP contribution in [0.25, 0.3) is 21.3 Å². The number of thiazole rings is 1. The zero-order valence-corrected chi connectivity index (χ0v) is 16.6. The van der Waals surface area contributed by atoms with Gasteiger partial charge in [-0.1, -0.05) is 6.07 Å². The highest BCUT2D eigenvalue weighted by Gasteiger charge is 2.15. The lowest BCUT2D eigenvalue weighted by Crippen LogP contribution is -2.09. The molecular weight excluding hydrogens is 399 g/mol. The number of aromatic nitrogens is 1. The molecule has 1 N–H and O–H groups in total. The summed E-state index contributed by atoms with van der Waals surface area (Å²) in [5.41, 5.74) is 1.56. The number of thiophene rings is 1. The van der Waals surface area contributed by atoms with E-state index in [4.69, 9.17) is 9.47 Å². The summed E-state index contributed by atoms with van der Waals surface area (Å²) in [6.07, 6.45) is 0. The molecule has 0 spiro atoms. The van der Waals surface area contributed by atoms with Crippen molar-refractivity contribution >= 4 is 43.8 Å². The summed E-state index contributed by atoms with van der Waals surface area (Å²) in [5, 5.41) is 5.54. The summed E-state index contributed by atoms with van der Waals surface area (Å²) >= 11 is 2.56. The molecule has 142 valence electrons. The van der Waals surface area contributed by atoms with Crippen LogP contribution >= 0.6 is 22.7 Å². The maximum atomic E-state index is 13.8. The Bertz CT molecular complexity index is 1170. The lowest BCUT2D eigenvalue weighted by molar-refractivity contribution is 0.103. The number of methoxy groups -OCH3 is 2. The number of nitrogens with zero attached hydrogens (tertiary/aromatic N) is 1. The summed E-state index contributed by atoms with van der Waals surface area (Å²) in [6, 6.07) is 11.9. The number of fused-ring (bicyclic) bond motifs is 1. The first-order chi connectivity index (χ1) is 13.6. The van der Waals surface area contributed by atoms with Gasteiger partial charge in [-0.25, -0.2) is 9.37 Å². The number of hydrogen-bond donors (Lipinski definition) is 1. The monoisotopic (exact) mass is 414 g/mol. The summed E-state index contributed by atoms with van der Waals surface area (Å²) in [4.78, 5) is 17.4. The average Bonchev–Trinajstić information content (AvgIpc) is 3.35. The fourth-order valence-corrected chi connectivity index (χ4v) is 4.44. The van der Waals surface area contributed by atoms with Gasteiger partial charge in [0.15, 0.2) is 16.6 Å².